The lowest BCUT2D eigenvalue weighted by atomic mass is 10.1. The van der Waals surface area contributed by atoms with Crippen LogP contribution < -0.4 is 14.8 Å². The SMILES string of the molecule is COc1cc(Nc2c(C)c(C)nc3nc(Cc4cccc(F)c4)nn23)cc(OC)c1. The van der Waals surface area contributed by atoms with Gasteiger partial charge in [0.05, 0.1) is 14.2 Å². The van der Waals surface area contributed by atoms with Crippen LogP contribution in [0.4, 0.5) is 15.9 Å². The van der Waals surface area contributed by atoms with Crippen molar-refractivity contribution in [3.05, 3.63) is 70.9 Å². The monoisotopic (exact) mass is 407 g/mol. The van der Waals surface area contributed by atoms with E-state index in [1.54, 1.807) is 30.9 Å². The topological polar surface area (TPSA) is 73.6 Å². The number of hydrogen-bond donors (Lipinski definition) is 1. The Kier molecular flexibility index (Phi) is 5.22. The zero-order valence-corrected chi connectivity index (χ0v) is 17.2. The van der Waals surface area contributed by atoms with Crippen molar-refractivity contribution in [3.8, 4) is 11.5 Å². The van der Waals surface area contributed by atoms with Crippen molar-refractivity contribution in [1.82, 2.24) is 19.6 Å². The second-order valence-electron chi connectivity index (χ2n) is 6.94. The summed E-state index contributed by atoms with van der Waals surface area (Å²) >= 11 is 0. The second kappa shape index (κ2) is 7.98. The highest BCUT2D eigenvalue weighted by atomic mass is 19.1. The molecular weight excluding hydrogens is 385 g/mol. The van der Waals surface area contributed by atoms with Gasteiger partial charge in [-0.15, -0.1) is 5.10 Å². The fourth-order valence-electron chi connectivity index (χ4n) is 3.20. The molecule has 30 heavy (non-hydrogen) atoms. The molecule has 2 aromatic carbocycles. The normalized spacial score (nSPS) is 11.0. The minimum absolute atomic E-state index is 0.282. The summed E-state index contributed by atoms with van der Waals surface area (Å²) in [4.78, 5) is 9.09. The third-order valence-electron chi connectivity index (χ3n) is 4.88. The van der Waals surface area contributed by atoms with Gasteiger partial charge in [0, 0.05) is 41.6 Å². The summed E-state index contributed by atoms with van der Waals surface area (Å²) in [6.07, 6.45) is 0.408. The van der Waals surface area contributed by atoms with Gasteiger partial charge in [-0.25, -0.2) is 9.37 Å². The molecule has 0 unspecified atom stereocenters. The van der Waals surface area contributed by atoms with Gasteiger partial charge < -0.3 is 14.8 Å². The number of methoxy groups -OCH3 is 2. The summed E-state index contributed by atoms with van der Waals surface area (Å²) in [6.45, 7) is 3.89. The van der Waals surface area contributed by atoms with E-state index in [1.807, 2.05) is 32.0 Å². The maximum absolute atomic E-state index is 13.5. The average Bonchev–Trinajstić information content (AvgIpc) is 3.12. The van der Waals surface area contributed by atoms with Gasteiger partial charge in [-0.05, 0) is 31.5 Å². The van der Waals surface area contributed by atoms with Crippen molar-refractivity contribution >= 4 is 17.3 Å². The van der Waals surface area contributed by atoms with Crippen molar-refractivity contribution in [2.45, 2.75) is 20.3 Å². The first-order valence-electron chi connectivity index (χ1n) is 9.44. The van der Waals surface area contributed by atoms with E-state index in [0.29, 0.717) is 29.5 Å². The van der Waals surface area contributed by atoms with Crippen LogP contribution in [0, 0.1) is 19.7 Å². The Hall–Kier alpha value is -3.68. The quantitative estimate of drug-likeness (QED) is 0.516. The molecule has 0 amide bonds. The van der Waals surface area contributed by atoms with Crippen molar-refractivity contribution in [3.63, 3.8) is 0 Å². The first-order valence-corrected chi connectivity index (χ1v) is 9.44. The van der Waals surface area contributed by atoms with Crippen LogP contribution in [0.2, 0.25) is 0 Å². The molecule has 0 aliphatic carbocycles. The number of aromatic nitrogens is 4. The van der Waals surface area contributed by atoms with E-state index >= 15 is 0 Å². The number of fused-ring (bicyclic) bond motifs is 1. The fourth-order valence-corrected chi connectivity index (χ4v) is 3.20. The van der Waals surface area contributed by atoms with Crippen LogP contribution in [0.5, 0.6) is 11.5 Å². The number of benzene rings is 2. The molecule has 1 N–H and O–H groups in total. The van der Waals surface area contributed by atoms with Crippen LogP contribution >= 0.6 is 0 Å². The van der Waals surface area contributed by atoms with E-state index in [1.165, 1.54) is 12.1 Å². The molecule has 7 nitrogen and oxygen atoms in total. The van der Waals surface area contributed by atoms with Gasteiger partial charge in [0.15, 0.2) is 5.82 Å². The van der Waals surface area contributed by atoms with Gasteiger partial charge in [-0.2, -0.15) is 9.50 Å². The molecular formula is C22H22FN5O2. The van der Waals surface area contributed by atoms with Crippen LogP contribution in [-0.2, 0) is 6.42 Å². The second-order valence-corrected chi connectivity index (χ2v) is 6.94. The van der Waals surface area contributed by atoms with E-state index in [4.69, 9.17) is 9.47 Å². The Labute approximate surface area is 173 Å². The minimum atomic E-state index is -0.282. The maximum atomic E-state index is 13.5. The highest BCUT2D eigenvalue weighted by molar-refractivity contribution is 5.65. The number of ether oxygens (including phenoxy) is 2. The Morgan fingerprint density at radius 3 is 2.40 bits per heavy atom. The molecule has 0 saturated heterocycles. The molecule has 2 aromatic heterocycles. The van der Waals surface area contributed by atoms with Gasteiger partial charge in [0.2, 0.25) is 0 Å². The number of nitrogens with one attached hydrogen (secondary N) is 1. The van der Waals surface area contributed by atoms with Gasteiger partial charge in [0.25, 0.3) is 5.78 Å². The van der Waals surface area contributed by atoms with Gasteiger partial charge in [0.1, 0.15) is 23.1 Å². The smallest absolute Gasteiger partial charge is 0.254 e. The third kappa shape index (κ3) is 3.89. The number of halogens is 1. The van der Waals surface area contributed by atoms with E-state index in [-0.39, 0.29) is 5.82 Å². The zero-order valence-electron chi connectivity index (χ0n) is 17.2. The minimum Gasteiger partial charge on any atom is -0.497 e. The van der Waals surface area contributed by atoms with E-state index in [9.17, 15) is 4.39 Å². The van der Waals surface area contributed by atoms with E-state index in [2.05, 4.69) is 20.4 Å². The van der Waals surface area contributed by atoms with Crippen molar-refractivity contribution in [2.75, 3.05) is 19.5 Å². The largest absolute Gasteiger partial charge is 0.497 e. The molecule has 8 heteroatoms. The standard InChI is InChI=1S/C22H22FN5O2/c1-13-14(2)24-22-26-20(9-15-6-5-7-16(23)8-15)27-28(22)21(13)25-17-10-18(29-3)12-19(11-17)30-4/h5-8,10-12,25H,9H2,1-4H3. The molecule has 0 aliphatic rings. The number of rotatable bonds is 6. The van der Waals surface area contributed by atoms with E-state index in [0.717, 1.165) is 28.3 Å². The molecule has 2 heterocycles. The highest BCUT2D eigenvalue weighted by Gasteiger charge is 2.15. The lowest BCUT2D eigenvalue weighted by Gasteiger charge is -2.14. The number of anilines is 2. The summed E-state index contributed by atoms with van der Waals surface area (Å²) in [6, 6.07) is 12.0. The highest BCUT2D eigenvalue weighted by Crippen LogP contribution is 2.30. The molecule has 4 aromatic rings. The van der Waals surface area contributed by atoms with Gasteiger partial charge in [-0.3, -0.25) is 0 Å². The van der Waals surface area contributed by atoms with Crippen LogP contribution in [-0.4, -0.2) is 33.8 Å². The summed E-state index contributed by atoms with van der Waals surface area (Å²) in [5, 5.41) is 8.01. The number of nitrogens with zero attached hydrogens (tertiary/aromatic N) is 4. The Morgan fingerprint density at radius 1 is 1.00 bits per heavy atom. The summed E-state index contributed by atoms with van der Waals surface area (Å²) in [7, 11) is 3.21. The molecule has 154 valence electrons. The summed E-state index contributed by atoms with van der Waals surface area (Å²) in [5.74, 6) is 2.83. The maximum Gasteiger partial charge on any atom is 0.254 e. The lowest BCUT2D eigenvalue weighted by molar-refractivity contribution is 0.395. The molecule has 0 bridgehead atoms. The Balaban J connectivity index is 1.75. The Bertz CT molecular complexity index is 1200. The lowest BCUT2D eigenvalue weighted by Crippen LogP contribution is -2.06. The average molecular weight is 407 g/mol. The van der Waals surface area contributed by atoms with Gasteiger partial charge in [-0.1, -0.05) is 12.1 Å². The molecule has 0 atom stereocenters. The van der Waals surface area contributed by atoms with E-state index < -0.39 is 0 Å². The Morgan fingerprint density at radius 2 is 1.73 bits per heavy atom. The number of hydrogen-bond acceptors (Lipinski definition) is 6. The van der Waals surface area contributed by atoms with Crippen LogP contribution in [0.15, 0.2) is 42.5 Å². The fraction of sp³-hybridized carbons (Fsp3) is 0.227. The third-order valence-corrected chi connectivity index (χ3v) is 4.88. The molecule has 0 fully saturated rings. The van der Waals surface area contributed by atoms with Crippen LogP contribution in [0.25, 0.3) is 5.78 Å². The first kappa shape index (κ1) is 19.6. The predicted octanol–water partition coefficient (Wildman–Crippen LogP) is 4.23. The number of aryl methyl sites for hydroxylation is 1. The van der Waals surface area contributed by atoms with Gasteiger partial charge >= 0.3 is 0 Å². The molecule has 0 aliphatic heterocycles. The van der Waals surface area contributed by atoms with Crippen molar-refractivity contribution in [2.24, 2.45) is 0 Å². The van der Waals surface area contributed by atoms with Crippen LogP contribution in [0.3, 0.4) is 0 Å². The first-order chi connectivity index (χ1) is 14.5. The summed E-state index contributed by atoms with van der Waals surface area (Å²) in [5.41, 5.74) is 3.35. The predicted molar refractivity (Wildman–Crippen MR) is 112 cm³/mol. The molecule has 0 saturated carbocycles. The molecule has 4 rings (SSSR count). The molecule has 0 radical (unpaired) electrons. The van der Waals surface area contributed by atoms with Crippen molar-refractivity contribution in [1.29, 1.82) is 0 Å². The van der Waals surface area contributed by atoms with Crippen LogP contribution in [0.1, 0.15) is 22.6 Å². The van der Waals surface area contributed by atoms with Crippen molar-refractivity contribution < 1.29 is 13.9 Å². The summed E-state index contributed by atoms with van der Waals surface area (Å²) < 4.78 is 25.9. The zero-order chi connectivity index (χ0) is 21.3. The molecule has 0 spiro atoms.